The van der Waals surface area contributed by atoms with Crippen molar-refractivity contribution in [2.45, 2.75) is 38.4 Å². The van der Waals surface area contributed by atoms with E-state index in [0.717, 1.165) is 23.3 Å². The van der Waals surface area contributed by atoms with E-state index < -0.39 is 28.5 Å². The highest BCUT2D eigenvalue weighted by atomic mass is 16.6. The zero-order valence-electron chi connectivity index (χ0n) is 15.8. The molecule has 2 aliphatic rings. The third-order valence-electron chi connectivity index (χ3n) is 5.33. The molecule has 1 fully saturated rings. The number of imide groups is 1. The molecule has 148 valence electrons. The molecule has 1 aliphatic heterocycles. The van der Waals surface area contributed by atoms with Crippen molar-refractivity contribution < 1.29 is 19.3 Å². The molecule has 0 saturated heterocycles. The first-order valence-electron chi connectivity index (χ1n) is 9.40. The molecule has 0 radical (unpaired) electrons. The second-order valence-electron chi connectivity index (χ2n) is 7.30. The summed E-state index contributed by atoms with van der Waals surface area (Å²) in [4.78, 5) is 52.0. The Balaban J connectivity index is 1.62. The number of carbonyl (C=O) groups excluding carboxylic acids is 3. The molecule has 8 heteroatoms. The lowest BCUT2D eigenvalue weighted by Crippen LogP contribution is -2.49. The number of benzene rings is 2. The fraction of sp³-hybridized carbons (Fsp3) is 0.286. The number of hydrogen-bond acceptors (Lipinski definition) is 5. The summed E-state index contributed by atoms with van der Waals surface area (Å²) < 4.78 is 0. The molecule has 1 aliphatic carbocycles. The molecule has 4 rings (SSSR count). The smallest absolute Gasteiger partial charge is 0.282 e. The Morgan fingerprint density at radius 3 is 2.45 bits per heavy atom. The summed E-state index contributed by atoms with van der Waals surface area (Å²) in [5, 5.41) is 11.3. The Labute approximate surface area is 166 Å². The first-order valence-corrected chi connectivity index (χ1v) is 9.40. The van der Waals surface area contributed by atoms with Crippen molar-refractivity contribution in [1.29, 1.82) is 0 Å². The van der Waals surface area contributed by atoms with Crippen LogP contribution < -0.4 is 0 Å². The van der Waals surface area contributed by atoms with E-state index >= 15 is 0 Å². The molecule has 1 saturated carbocycles. The highest BCUT2D eigenvalue weighted by Gasteiger charge is 2.46. The van der Waals surface area contributed by atoms with Gasteiger partial charge in [-0.2, -0.15) is 0 Å². The van der Waals surface area contributed by atoms with E-state index in [0.29, 0.717) is 6.54 Å². The fourth-order valence-electron chi connectivity index (χ4n) is 3.69. The van der Waals surface area contributed by atoms with Crippen molar-refractivity contribution in [1.82, 2.24) is 9.80 Å². The van der Waals surface area contributed by atoms with Gasteiger partial charge in [0.2, 0.25) is 5.91 Å². The lowest BCUT2D eigenvalue weighted by Gasteiger charge is -2.29. The molecule has 29 heavy (non-hydrogen) atoms. The van der Waals surface area contributed by atoms with Crippen molar-refractivity contribution >= 4 is 23.4 Å². The Morgan fingerprint density at radius 2 is 1.83 bits per heavy atom. The van der Waals surface area contributed by atoms with Crippen LogP contribution >= 0.6 is 0 Å². The predicted molar refractivity (Wildman–Crippen MR) is 103 cm³/mol. The molecular weight excluding hydrogens is 374 g/mol. The minimum atomic E-state index is -1.05. The van der Waals surface area contributed by atoms with Crippen LogP contribution in [0.3, 0.4) is 0 Å². The van der Waals surface area contributed by atoms with Crippen LogP contribution in [0.4, 0.5) is 5.69 Å². The molecule has 2 aromatic carbocycles. The van der Waals surface area contributed by atoms with E-state index in [1.165, 1.54) is 25.1 Å². The van der Waals surface area contributed by atoms with E-state index in [4.69, 9.17) is 0 Å². The topological polar surface area (TPSA) is 101 Å². The summed E-state index contributed by atoms with van der Waals surface area (Å²) in [6, 6.07) is 12.5. The molecule has 0 bridgehead atoms. The van der Waals surface area contributed by atoms with Crippen LogP contribution in [0.15, 0.2) is 48.5 Å². The summed E-state index contributed by atoms with van der Waals surface area (Å²) in [7, 11) is 0. The minimum Gasteiger partial charge on any atom is -0.334 e. The molecule has 1 unspecified atom stereocenters. The van der Waals surface area contributed by atoms with Crippen LogP contribution in [0.1, 0.15) is 46.0 Å². The largest absolute Gasteiger partial charge is 0.334 e. The maximum absolute atomic E-state index is 13.2. The van der Waals surface area contributed by atoms with Crippen LogP contribution in [-0.4, -0.2) is 44.5 Å². The van der Waals surface area contributed by atoms with Crippen molar-refractivity contribution in [2.24, 2.45) is 0 Å². The van der Waals surface area contributed by atoms with Gasteiger partial charge in [0.1, 0.15) is 11.6 Å². The Kier molecular flexibility index (Phi) is 4.62. The Hall–Kier alpha value is -3.55. The van der Waals surface area contributed by atoms with Crippen molar-refractivity contribution in [3.05, 3.63) is 75.3 Å². The van der Waals surface area contributed by atoms with Gasteiger partial charge in [0.05, 0.1) is 10.5 Å². The lowest BCUT2D eigenvalue weighted by atomic mass is 10.1. The van der Waals surface area contributed by atoms with E-state index in [1.807, 2.05) is 30.3 Å². The molecule has 1 atom stereocenters. The van der Waals surface area contributed by atoms with Gasteiger partial charge in [-0.15, -0.1) is 0 Å². The highest BCUT2D eigenvalue weighted by molar-refractivity contribution is 6.24. The van der Waals surface area contributed by atoms with Crippen molar-refractivity contribution in [3.8, 4) is 0 Å². The average Bonchev–Trinajstić information content (AvgIpc) is 3.53. The third kappa shape index (κ3) is 3.26. The van der Waals surface area contributed by atoms with Gasteiger partial charge in [-0.1, -0.05) is 36.4 Å². The molecule has 0 N–H and O–H groups in total. The normalized spacial score (nSPS) is 16.5. The second kappa shape index (κ2) is 7.12. The number of carbonyl (C=O) groups is 3. The molecule has 0 aromatic heterocycles. The summed E-state index contributed by atoms with van der Waals surface area (Å²) in [6.45, 7) is 1.88. The van der Waals surface area contributed by atoms with Gasteiger partial charge in [-0.05, 0) is 31.4 Å². The highest BCUT2D eigenvalue weighted by Crippen LogP contribution is 2.34. The number of hydrogen-bond donors (Lipinski definition) is 0. The maximum atomic E-state index is 13.2. The second-order valence-corrected chi connectivity index (χ2v) is 7.30. The van der Waals surface area contributed by atoms with Crippen LogP contribution in [0, 0.1) is 10.1 Å². The Bertz CT molecular complexity index is 1020. The van der Waals surface area contributed by atoms with Crippen molar-refractivity contribution in [3.63, 3.8) is 0 Å². The van der Waals surface area contributed by atoms with Crippen molar-refractivity contribution in [2.75, 3.05) is 0 Å². The predicted octanol–water partition coefficient (Wildman–Crippen LogP) is 2.77. The zero-order chi connectivity index (χ0) is 20.7. The quantitative estimate of drug-likeness (QED) is 0.427. The maximum Gasteiger partial charge on any atom is 0.282 e. The van der Waals surface area contributed by atoms with Crippen LogP contribution in [-0.2, 0) is 11.3 Å². The number of nitro benzene ring substituents is 1. The van der Waals surface area contributed by atoms with Crippen LogP contribution in [0.5, 0.6) is 0 Å². The zero-order valence-corrected chi connectivity index (χ0v) is 15.8. The van der Waals surface area contributed by atoms with E-state index in [2.05, 4.69) is 0 Å². The summed E-state index contributed by atoms with van der Waals surface area (Å²) in [5.41, 5.74) is 0.248. The minimum absolute atomic E-state index is 0.0371. The monoisotopic (exact) mass is 393 g/mol. The van der Waals surface area contributed by atoms with Gasteiger partial charge in [0.25, 0.3) is 17.5 Å². The molecular formula is C21H19N3O5. The van der Waals surface area contributed by atoms with Crippen LogP contribution in [0.25, 0.3) is 0 Å². The van der Waals surface area contributed by atoms with Gasteiger partial charge >= 0.3 is 0 Å². The van der Waals surface area contributed by atoms with Gasteiger partial charge < -0.3 is 4.90 Å². The molecule has 3 amide bonds. The van der Waals surface area contributed by atoms with E-state index in [1.54, 1.807) is 4.90 Å². The summed E-state index contributed by atoms with van der Waals surface area (Å²) in [5.74, 6) is -1.81. The number of fused-ring (bicyclic) bond motifs is 1. The SMILES string of the molecule is CC(C(=O)N(Cc1ccccc1)C1CC1)N1C(=O)c2cccc([N+](=O)[O-])c2C1=O. The first-order chi connectivity index (χ1) is 13.9. The van der Waals surface area contributed by atoms with Gasteiger partial charge in [-0.3, -0.25) is 29.4 Å². The summed E-state index contributed by atoms with van der Waals surface area (Å²) in [6.07, 6.45) is 1.75. The van der Waals surface area contributed by atoms with Gasteiger partial charge in [-0.25, -0.2) is 0 Å². The number of nitro groups is 1. The number of nitrogens with zero attached hydrogens (tertiary/aromatic N) is 3. The molecule has 2 aromatic rings. The van der Waals surface area contributed by atoms with Gasteiger partial charge in [0, 0.05) is 18.7 Å². The standard InChI is InChI=1S/C21H19N3O5/c1-13(19(25)22(15-10-11-15)12-14-6-3-2-4-7-14)23-20(26)16-8-5-9-17(24(28)29)18(16)21(23)27/h2-9,13,15H,10-12H2,1H3. The van der Waals surface area contributed by atoms with Gasteiger partial charge in [0.15, 0.2) is 0 Å². The van der Waals surface area contributed by atoms with E-state index in [-0.39, 0.29) is 23.1 Å². The first kappa shape index (κ1) is 18.8. The number of amides is 3. The fourth-order valence-corrected chi connectivity index (χ4v) is 3.69. The summed E-state index contributed by atoms with van der Waals surface area (Å²) >= 11 is 0. The lowest BCUT2D eigenvalue weighted by molar-refractivity contribution is -0.385. The molecule has 1 heterocycles. The molecule has 0 spiro atoms. The van der Waals surface area contributed by atoms with E-state index in [9.17, 15) is 24.5 Å². The Morgan fingerprint density at radius 1 is 1.14 bits per heavy atom. The molecule has 8 nitrogen and oxygen atoms in total. The number of rotatable bonds is 6. The average molecular weight is 393 g/mol. The van der Waals surface area contributed by atoms with Crippen LogP contribution in [0.2, 0.25) is 0 Å². The third-order valence-corrected chi connectivity index (χ3v) is 5.33.